The molecule has 1 atom stereocenters. The Kier molecular flexibility index (Phi) is 3.98. The van der Waals surface area contributed by atoms with E-state index in [1.807, 2.05) is 0 Å². The fourth-order valence-corrected chi connectivity index (χ4v) is 2.95. The van der Waals surface area contributed by atoms with Crippen LogP contribution in [-0.4, -0.2) is 42.0 Å². The second-order valence-corrected chi connectivity index (χ2v) is 5.60. The largest absolute Gasteiger partial charge is 0.393 e. The van der Waals surface area contributed by atoms with Crippen LogP contribution in [0.1, 0.15) is 38.5 Å². The van der Waals surface area contributed by atoms with Gasteiger partial charge in [0.1, 0.15) is 5.78 Å². The Hall–Kier alpha value is -0.410. The van der Waals surface area contributed by atoms with Crippen molar-refractivity contribution in [3.8, 4) is 0 Å². The molecule has 0 aromatic heterocycles. The smallest absolute Gasteiger partial charge is 0.136 e. The van der Waals surface area contributed by atoms with Gasteiger partial charge in [-0.2, -0.15) is 0 Å². The van der Waals surface area contributed by atoms with Crippen LogP contribution in [0.25, 0.3) is 0 Å². The van der Waals surface area contributed by atoms with Gasteiger partial charge in [-0.3, -0.25) is 4.79 Å². The summed E-state index contributed by atoms with van der Waals surface area (Å²) in [5.74, 6) is 1.50. The Balaban J connectivity index is 1.60. The molecule has 0 spiro atoms. The molecule has 3 nitrogen and oxygen atoms in total. The fourth-order valence-electron chi connectivity index (χ4n) is 2.95. The highest BCUT2D eigenvalue weighted by atomic mass is 16.3. The summed E-state index contributed by atoms with van der Waals surface area (Å²) >= 11 is 0. The van der Waals surface area contributed by atoms with Gasteiger partial charge in [0.15, 0.2) is 0 Å². The van der Waals surface area contributed by atoms with Crippen molar-refractivity contribution < 1.29 is 9.90 Å². The lowest BCUT2D eigenvalue weighted by atomic mass is 9.82. The molecule has 0 amide bonds. The third kappa shape index (κ3) is 3.05. The van der Waals surface area contributed by atoms with E-state index in [0.29, 0.717) is 17.6 Å². The first-order valence-electron chi connectivity index (χ1n) is 6.54. The highest BCUT2D eigenvalue weighted by molar-refractivity contribution is 5.82. The Bertz CT molecular complexity index is 248. The summed E-state index contributed by atoms with van der Waals surface area (Å²) < 4.78 is 0. The maximum atomic E-state index is 11.5. The molecule has 0 saturated heterocycles. The molecule has 2 aliphatic rings. The molecule has 92 valence electrons. The summed E-state index contributed by atoms with van der Waals surface area (Å²) in [6.45, 7) is 2.11. The minimum atomic E-state index is -0.0465. The van der Waals surface area contributed by atoms with E-state index in [0.717, 1.165) is 51.6 Å². The highest BCUT2D eigenvalue weighted by Crippen LogP contribution is 2.28. The van der Waals surface area contributed by atoms with E-state index in [1.165, 1.54) is 0 Å². The van der Waals surface area contributed by atoms with Gasteiger partial charge in [-0.25, -0.2) is 0 Å². The van der Waals surface area contributed by atoms with Crippen molar-refractivity contribution in [3.05, 3.63) is 0 Å². The molecule has 0 aromatic carbocycles. The second kappa shape index (κ2) is 5.28. The van der Waals surface area contributed by atoms with Gasteiger partial charge in [0.05, 0.1) is 6.10 Å². The Morgan fingerprint density at radius 3 is 2.75 bits per heavy atom. The van der Waals surface area contributed by atoms with Gasteiger partial charge in [-0.1, -0.05) is 0 Å². The minimum absolute atomic E-state index is 0.0465. The van der Waals surface area contributed by atoms with E-state index in [-0.39, 0.29) is 6.10 Å². The van der Waals surface area contributed by atoms with Crippen molar-refractivity contribution in [2.45, 2.75) is 44.6 Å². The van der Waals surface area contributed by atoms with Crippen molar-refractivity contribution >= 4 is 5.78 Å². The van der Waals surface area contributed by atoms with Crippen LogP contribution < -0.4 is 0 Å². The van der Waals surface area contributed by atoms with Gasteiger partial charge in [0.2, 0.25) is 0 Å². The number of hydrogen-bond acceptors (Lipinski definition) is 3. The van der Waals surface area contributed by atoms with Crippen molar-refractivity contribution in [1.82, 2.24) is 4.90 Å². The zero-order valence-electron chi connectivity index (χ0n) is 10.2. The molecule has 1 unspecified atom stereocenters. The predicted molar refractivity (Wildman–Crippen MR) is 63.2 cm³/mol. The number of hydrogen-bond donors (Lipinski definition) is 1. The van der Waals surface area contributed by atoms with E-state index in [9.17, 15) is 9.90 Å². The van der Waals surface area contributed by atoms with Crippen LogP contribution in [0.5, 0.6) is 0 Å². The molecule has 16 heavy (non-hydrogen) atoms. The third-order valence-electron chi connectivity index (χ3n) is 4.07. The Morgan fingerprint density at radius 1 is 1.44 bits per heavy atom. The number of aliphatic hydroxyl groups is 1. The molecule has 2 aliphatic carbocycles. The number of carbonyl (C=O) groups excluding carboxylic acids is 1. The third-order valence-corrected chi connectivity index (χ3v) is 4.07. The molecule has 2 rings (SSSR count). The summed E-state index contributed by atoms with van der Waals surface area (Å²) in [4.78, 5) is 13.8. The number of ketones is 1. The fraction of sp³-hybridized carbons (Fsp3) is 0.923. The summed E-state index contributed by atoms with van der Waals surface area (Å²) in [6.07, 6.45) is 5.93. The second-order valence-electron chi connectivity index (χ2n) is 5.60. The lowest BCUT2D eigenvalue weighted by Gasteiger charge is -2.34. The van der Waals surface area contributed by atoms with Gasteiger partial charge in [-0.15, -0.1) is 0 Å². The molecule has 0 aromatic rings. The van der Waals surface area contributed by atoms with Gasteiger partial charge in [0.25, 0.3) is 0 Å². The zero-order valence-corrected chi connectivity index (χ0v) is 10.2. The van der Waals surface area contributed by atoms with Crippen molar-refractivity contribution in [2.75, 3.05) is 20.1 Å². The van der Waals surface area contributed by atoms with Gasteiger partial charge < -0.3 is 10.0 Å². The molecule has 0 radical (unpaired) electrons. The van der Waals surface area contributed by atoms with Crippen LogP contribution in [0.3, 0.4) is 0 Å². The summed E-state index contributed by atoms with van der Waals surface area (Å²) in [6, 6.07) is 0. The molecule has 2 saturated carbocycles. The van der Waals surface area contributed by atoms with Crippen molar-refractivity contribution in [2.24, 2.45) is 11.8 Å². The van der Waals surface area contributed by atoms with E-state index in [1.54, 1.807) is 0 Å². The maximum Gasteiger partial charge on any atom is 0.136 e. The average Bonchev–Trinajstić information content (AvgIpc) is 2.59. The van der Waals surface area contributed by atoms with E-state index >= 15 is 0 Å². The Labute approximate surface area is 97.8 Å². The Morgan fingerprint density at radius 2 is 2.19 bits per heavy atom. The number of Topliss-reactive ketones (excluding diaryl/α,β-unsaturated/α-hetero) is 1. The van der Waals surface area contributed by atoms with E-state index in [4.69, 9.17) is 0 Å². The summed E-state index contributed by atoms with van der Waals surface area (Å²) in [5.41, 5.74) is 0. The topological polar surface area (TPSA) is 40.5 Å². The lowest BCUT2D eigenvalue weighted by molar-refractivity contribution is -0.120. The first kappa shape index (κ1) is 12.1. The highest BCUT2D eigenvalue weighted by Gasteiger charge is 2.28. The monoisotopic (exact) mass is 225 g/mol. The molecule has 0 bridgehead atoms. The number of rotatable bonds is 5. The van der Waals surface area contributed by atoms with Gasteiger partial charge >= 0.3 is 0 Å². The van der Waals surface area contributed by atoms with Crippen LogP contribution in [0.2, 0.25) is 0 Å². The van der Waals surface area contributed by atoms with Gasteiger partial charge in [0, 0.05) is 18.9 Å². The van der Waals surface area contributed by atoms with Crippen LogP contribution in [0.4, 0.5) is 0 Å². The van der Waals surface area contributed by atoms with E-state index < -0.39 is 0 Å². The molecular formula is C13H23NO2. The van der Waals surface area contributed by atoms with Crippen LogP contribution in [0.15, 0.2) is 0 Å². The van der Waals surface area contributed by atoms with Crippen LogP contribution in [-0.2, 0) is 4.79 Å². The molecule has 3 heteroatoms. The van der Waals surface area contributed by atoms with Crippen molar-refractivity contribution in [3.63, 3.8) is 0 Å². The molecular weight excluding hydrogens is 202 g/mol. The standard InChI is InChI=1S/C13H23NO2/c1-14(9-10-7-12(15)8-10)6-5-11-3-2-4-13(11)16/h10-12,15H,2-9H2,1H3. The van der Waals surface area contributed by atoms with Crippen LogP contribution in [0, 0.1) is 11.8 Å². The normalized spacial score (nSPS) is 34.4. The molecule has 2 fully saturated rings. The van der Waals surface area contributed by atoms with E-state index in [2.05, 4.69) is 11.9 Å². The first-order chi connectivity index (χ1) is 7.65. The molecule has 0 aliphatic heterocycles. The summed E-state index contributed by atoms with van der Waals surface area (Å²) in [5, 5.41) is 9.21. The number of aliphatic hydroxyl groups excluding tert-OH is 1. The summed E-state index contributed by atoms with van der Waals surface area (Å²) in [7, 11) is 2.13. The predicted octanol–water partition coefficient (Wildman–Crippen LogP) is 1.45. The molecule has 1 N–H and O–H groups in total. The first-order valence-corrected chi connectivity index (χ1v) is 6.54. The molecule has 0 heterocycles. The minimum Gasteiger partial charge on any atom is -0.393 e. The zero-order chi connectivity index (χ0) is 11.5. The average molecular weight is 225 g/mol. The number of nitrogens with zero attached hydrogens (tertiary/aromatic N) is 1. The van der Waals surface area contributed by atoms with Crippen LogP contribution >= 0.6 is 0 Å². The number of carbonyl (C=O) groups is 1. The maximum absolute atomic E-state index is 11.5. The lowest BCUT2D eigenvalue weighted by Crippen LogP contribution is -2.37. The van der Waals surface area contributed by atoms with Gasteiger partial charge in [-0.05, 0) is 51.6 Å². The SMILES string of the molecule is CN(CCC1CCCC1=O)CC1CC(O)C1. The van der Waals surface area contributed by atoms with Crippen molar-refractivity contribution in [1.29, 1.82) is 0 Å². The quantitative estimate of drug-likeness (QED) is 0.770.